The van der Waals surface area contributed by atoms with Crippen molar-refractivity contribution in [3.8, 4) is 22.9 Å². The Labute approximate surface area is 267 Å². The third-order valence-corrected chi connectivity index (χ3v) is 10.5. The van der Waals surface area contributed by atoms with Gasteiger partial charge < -0.3 is 19.7 Å². The number of aromatic nitrogens is 4. The van der Waals surface area contributed by atoms with Crippen molar-refractivity contribution in [3.05, 3.63) is 35.0 Å². The number of benzene rings is 2. The van der Waals surface area contributed by atoms with Crippen LogP contribution < -0.4 is 19.7 Å². The summed E-state index contributed by atoms with van der Waals surface area (Å²) in [7, 11) is 0. The van der Waals surface area contributed by atoms with Crippen molar-refractivity contribution in [2.75, 3.05) is 37.7 Å². The Morgan fingerprint density at radius 1 is 1.04 bits per heavy atom. The molecule has 4 fully saturated rings. The summed E-state index contributed by atoms with van der Waals surface area (Å²) in [5.41, 5.74) is -0.855. The van der Waals surface area contributed by atoms with E-state index < -0.39 is 29.3 Å². The van der Waals surface area contributed by atoms with Gasteiger partial charge in [0.05, 0.1) is 22.3 Å². The summed E-state index contributed by atoms with van der Waals surface area (Å²) < 4.78 is 85.3. The standard InChI is InChI=1S/C33H36F5N7O2/c1-16-11-32(7-4-8-45(32)12-16)15-46-31-40-28-21(30(41-31)44-13-19-5-6-20(14-44)39-19)10-22(34)25(27(28)35)26-24-18(3)42-43-23(24)9-17(2)29(26)47-33(36,37)38/h9-10,16,19-20,39H,4-8,11-15H2,1-3H3,(H,42,43)/t16-,19?,20?,32+/m1/s1. The molecule has 47 heavy (non-hydrogen) atoms. The lowest BCUT2D eigenvalue weighted by Crippen LogP contribution is -2.51. The van der Waals surface area contributed by atoms with Crippen LogP contribution in [0.5, 0.6) is 11.8 Å². The number of hydrogen-bond acceptors (Lipinski definition) is 8. The molecule has 0 saturated carbocycles. The van der Waals surface area contributed by atoms with E-state index in [1.807, 2.05) is 4.90 Å². The molecule has 4 aliphatic rings. The first-order valence-electron chi connectivity index (χ1n) is 16.2. The molecule has 4 aromatic rings. The molecular weight excluding hydrogens is 621 g/mol. The number of rotatable bonds is 6. The van der Waals surface area contributed by atoms with Crippen LogP contribution in [0, 0.1) is 31.4 Å². The lowest BCUT2D eigenvalue weighted by molar-refractivity contribution is -0.274. The van der Waals surface area contributed by atoms with Crippen LogP contribution in [0.3, 0.4) is 0 Å². The summed E-state index contributed by atoms with van der Waals surface area (Å²) in [6.45, 7) is 8.60. The molecule has 0 amide bonds. The van der Waals surface area contributed by atoms with E-state index in [9.17, 15) is 13.2 Å². The minimum absolute atomic E-state index is 0.0298. The highest BCUT2D eigenvalue weighted by molar-refractivity contribution is 6.03. The number of halogens is 5. The van der Waals surface area contributed by atoms with E-state index in [1.165, 1.54) is 13.0 Å². The van der Waals surface area contributed by atoms with Crippen molar-refractivity contribution >= 4 is 27.6 Å². The lowest BCUT2D eigenvalue weighted by Gasteiger charge is -2.35. The Morgan fingerprint density at radius 2 is 1.81 bits per heavy atom. The molecular formula is C33H36F5N7O2. The van der Waals surface area contributed by atoms with Gasteiger partial charge in [-0.25, -0.2) is 8.78 Å². The number of alkyl halides is 3. The molecule has 4 saturated heterocycles. The molecule has 6 heterocycles. The van der Waals surface area contributed by atoms with Gasteiger partial charge in [-0.3, -0.25) is 10.00 Å². The number of hydrogen-bond donors (Lipinski definition) is 2. The first-order chi connectivity index (χ1) is 22.4. The molecule has 2 unspecified atom stereocenters. The fourth-order valence-electron chi connectivity index (χ4n) is 8.63. The molecule has 2 bridgehead atoms. The number of ether oxygens (including phenoxy) is 2. The fourth-order valence-corrected chi connectivity index (χ4v) is 8.63. The minimum Gasteiger partial charge on any atom is -0.461 e. The van der Waals surface area contributed by atoms with Crippen molar-refractivity contribution in [3.63, 3.8) is 0 Å². The number of anilines is 1. The van der Waals surface area contributed by atoms with Gasteiger partial charge in [0.1, 0.15) is 29.5 Å². The van der Waals surface area contributed by atoms with Crippen LogP contribution in [-0.2, 0) is 0 Å². The second-order valence-corrected chi connectivity index (χ2v) is 13.9. The lowest BCUT2D eigenvalue weighted by atomic mass is 9.92. The zero-order valence-electron chi connectivity index (χ0n) is 26.4. The second-order valence-electron chi connectivity index (χ2n) is 13.9. The second kappa shape index (κ2) is 10.9. The van der Waals surface area contributed by atoms with E-state index in [1.54, 1.807) is 6.92 Å². The molecule has 4 atom stereocenters. The first-order valence-corrected chi connectivity index (χ1v) is 16.2. The van der Waals surface area contributed by atoms with E-state index in [0.29, 0.717) is 36.9 Å². The molecule has 250 valence electrons. The number of nitrogens with zero attached hydrogens (tertiary/aromatic N) is 5. The normalized spacial score (nSPS) is 26.1. The van der Waals surface area contributed by atoms with E-state index in [2.05, 4.69) is 37.1 Å². The third-order valence-electron chi connectivity index (χ3n) is 10.5. The maximum absolute atomic E-state index is 17.0. The topological polar surface area (TPSA) is 91.4 Å². The Hall–Kier alpha value is -3.78. The largest absolute Gasteiger partial charge is 0.573 e. The van der Waals surface area contributed by atoms with Gasteiger partial charge in [0.2, 0.25) is 0 Å². The van der Waals surface area contributed by atoms with Crippen LogP contribution in [-0.4, -0.2) is 81.8 Å². The molecule has 14 heteroatoms. The van der Waals surface area contributed by atoms with Crippen LogP contribution in [0.25, 0.3) is 32.9 Å². The summed E-state index contributed by atoms with van der Waals surface area (Å²) in [6, 6.07) is 2.89. The van der Waals surface area contributed by atoms with Gasteiger partial charge in [-0.15, -0.1) is 13.2 Å². The summed E-state index contributed by atoms with van der Waals surface area (Å²) in [4.78, 5) is 13.7. The van der Waals surface area contributed by atoms with Crippen molar-refractivity contribution in [2.24, 2.45) is 5.92 Å². The Balaban J connectivity index is 1.31. The highest BCUT2D eigenvalue weighted by Crippen LogP contribution is 2.47. The van der Waals surface area contributed by atoms with Gasteiger partial charge in [0.15, 0.2) is 5.82 Å². The van der Waals surface area contributed by atoms with Gasteiger partial charge in [0.25, 0.3) is 0 Å². The van der Waals surface area contributed by atoms with Crippen LogP contribution in [0.1, 0.15) is 50.3 Å². The van der Waals surface area contributed by atoms with Crippen molar-refractivity contribution in [2.45, 2.75) is 76.9 Å². The maximum atomic E-state index is 17.0. The molecule has 2 N–H and O–H groups in total. The number of aryl methyl sites for hydroxylation is 2. The summed E-state index contributed by atoms with van der Waals surface area (Å²) in [5, 5.41) is 10.7. The average Bonchev–Trinajstić information content (AvgIpc) is 3.74. The van der Waals surface area contributed by atoms with Gasteiger partial charge in [-0.2, -0.15) is 15.1 Å². The molecule has 9 nitrogen and oxygen atoms in total. The van der Waals surface area contributed by atoms with Crippen molar-refractivity contribution in [1.82, 2.24) is 30.4 Å². The molecule has 4 aliphatic heterocycles. The predicted molar refractivity (Wildman–Crippen MR) is 166 cm³/mol. The third kappa shape index (κ3) is 5.14. The minimum atomic E-state index is -5.11. The van der Waals surface area contributed by atoms with E-state index in [-0.39, 0.29) is 56.7 Å². The number of H-pyrrole nitrogens is 1. The van der Waals surface area contributed by atoms with Gasteiger partial charge in [0, 0.05) is 48.1 Å². The maximum Gasteiger partial charge on any atom is 0.573 e. The van der Waals surface area contributed by atoms with Crippen LogP contribution >= 0.6 is 0 Å². The summed E-state index contributed by atoms with van der Waals surface area (Å²) in [6.07, 6.45) is -0.163. The van der Waals surface area contributed by atoms with Crippen LogP contribution in [0.2, 0.25) is 0 Å². The predicted octanol–water partition coefficient (Wildman–Crippen LogP) is 6.16. The van der Waals surface area contributed by atoms with Crippen LogP contribution in [0.15, 0.2) is 12.1 Å². The highest BCUT2D eigenvalue weighted by atomic mass is 19.4. The Bertz CT molecular complexity index is 1890. The van der Waals surface area contributed by atoms with E-state index in [0.717, 1.165) is 51.3 Å². The Morgan fingerprint density at radius 3 is 2.55 bits per heavy atom. The molecule has 0 radical (unpaired) electrons. The Kier molecular flexibility index (Phi) is 7.07. The van der Waals surface area contributed by atoms with Crippen molar-refractivity contribution < 1.29 is 31.4 Å². The first kappa shape index (κ1) is 30.5. The molecule has 8 rings (SSSR count). The summed E-state index contributed by atoms with van der Waals surface area (Å²) in [5.74, 6) is -2.04. The number of aromatic amines is 1. The number of fused-ring (bicyclic) bond motifs is 5. The molecule has 0 aliphatic carbocycles. The van der Waals surface area contributed by atoms with Gasteiger partial charge in [-0.05, 0) is 76.1 Å². The highest BCUT2D eigenvalue weighted by Gasteiger charge is 2.48. The fraction of sp³-hybridized carbons (Fsp3) is 0.545. The zero-order valence-corrected chi connectivity index (χ0v) is 26.4. The monoisotopic (exact) mass is 657 g/mol. The number of piperazine rings is 1. The van der Waals surface area contributed by atoms with E-state index >= 15 is 8.78 Å². The van der Waals surface area contributed by atoms with Gasteiger partial charge >= 0.3 is 12.4 Å². The van der Waals surface area contributed by atoms with Gasteiger partial charge in [-0.1, -0.05) is 6.92 Å². The van der Waals surface area contributed by atoms with Crippen LogP contribution in [0.4, 0.5) is 27.8 Å². The van der Waals surface area contributed by atoms with Crippen molar-refractivity contribution in [1.29, 1.82) is 0 Å². The molecule has 2 aromatic heterocycles. The molecule has 2 aromatic carbocycles. The quantitative estimate of drug-likeness (QED) is 0.239. The zero-order chi connectivity index (χ0) is 32.8. The van der Waals surface area contributed by atoms with E-state index in [4.69, 9.17) is 9.72 Å². The smallest absolute Gasteiger partial charge is 0.461 e. The SMILES string of the molecule is Cc1cc2[nH]nc(C)c2c(-c2c(F)cc3c(N4CC5CCC(C4)N5)nc(OC[C@@]45CCCN4C[C@H](C)C5)nc3c2F)c1OC(F)(F)F. The number of nitrogens with one attached hydrogen (secondary N) is 2. The summed E-state index contributed by atoms with van der Waals surface area (Å²) >= 11 is 0. The average molecular weight is 658 g/mol. The molecule has 0 spiro atoms.